The van der Waals surface area contributed by atoms with Crippen molar-refractivity contribution in [3.05, 3.63) is 47.8 Å². The van der Waals surface area contributed by atoms with Crippen LogP contribution in [0.3, 0.4) is 0 Å². The topological polar surface area (TPSA) is 40.5 Å². The summed E-state index contributed by atoms with van der Waals surface area (Å²) in [7, 11) is 0. The summed E-state index contributed by atoms with van der Waals surface area (Å²) >= 11 is 5.54. The minimum Gasteiger partial charge on any atom is -0.390 e. The van der Waals surface area contributed by atoms with E-state index in [1.165, 1.54) is 12.1 Å². The smallest absolute Gasteiger partial charge is 0.131 e. The summed E-state index contributed by atoms with van der Waals surface area (Å²) in [6.07, 6.45) is -1.72. The Morgan fingerprint density at radius 1 is 1.06 bits per heavy atom. The van der Waals surface area contributed by atoms with Crippen LogP contribution in [0.15, 0.2) is 36.4 Å². The van der Waals surface area contributed by atoms with Crippen LogP contribution in [0.4, 0.5) is 4.39 Å². The molecule has 2 aromatic carbocycles. The maximum atomic E-state index is 13.6. The maximum Gasteiger partial charge on any atom is 0.131 e. The van der Waals surface area contributed by atoms with Gasteiger partial charge in [-0.3, -0.25) is 0 Å². The zero-order chi connectivity index (χ0) is 13.1. The Morgan fingerprint density at radius 3 is 2.39 bits per heavy atom. The number of halogens is 2. The molecule has 0 spiro atoms. The van der Waals surface area contributed by atoms with Gasteiger partial charge in [0.25, 0.3) is 0 Å². The van der Waals surface area contributed by atoms with Crippen LogP contribution < -0.4 is 0 Å². The molecule has 2 aromatic rings. The van der Waals surface area contributed by atoms with Gasteiger partial charge in [-0.25, -0.2) is 4.39 Å². The van der Waals surface area contributed by atoms with Gasteiger partial charge in [-0.2, -0.15) is 0 Å². The quantitative estimate of drug-likeness (QED) is 0.837. The van der Waals surface area contributed by atoms with Gasteiger partial charge in [0.2, 0.25) is 0 Å². The van der Waals surface area contributed by atoms with Crippen molar-refractivity contribution in [2.45, 2.75) is 18.6 Å². The molecule has 2 N–H and O–H groups in total. The molecule has 2 nitrogen and oxygen atoms in total. The zero-order valence-electron chi connectivity index (χ0n) is 9.68. The Balaban J connectivity index is 2.48. The lowest BCUT2D eigenvalue weighted by atomic mass is 9.96. The number of aliphatic hydroxyl groups excluding tert-OH is 2. The van der Waals surface area contributed by atoms with Crippen molar-refractivity contribution in [2.24, 2.45) is 0 Å². The molecule has 0 aliphatic heterocycles. The Kier molecular flexibility index (Phi) is 4.17. The van der Waals surface area contributed by atoms with E-state index in [1.807, 2.05) is 0 Å². The summed E-state index contributed by atoms with van der Waals surface area (Å²) in [6.45, 7) is 0. The van der Waals surface area contributed by atoms with E-state index < -0.39 is 12.2 Å². The van der Waals surface area contributed by atoms with E-state index in [2.05, 4.69) is 0 Å². The van der Waals surface area contributed by atoms with Crippen molar-refractivity contribution in [1.29, 1.82) is 0 Å². The number of hydrogen-bond acceptors (Lipinski definition) is 2. The molecule has 0 saturated carbocycles. The first-order valence-corrected chi connectivity index (χ1v) is 6.28. The van der Waals surface area contributed by atoms with Crippen LogP contribution in [0.2, 0.25) is 0 Å². The second-order valence-corrected chi connectivity index (χ2v) is 4.55. The third-order valence-electron chi connectivity index (χ3n) is 2.99. The van der Waals surface area contributed by atoms with Gasteiger partial charge in [-0.05, 0) is 23.4 Å². The number of fused-ring (bicyclic) bond motifs is 1. The lowest BCUT2D eigenvalue weighted by molar-refractivity contribution is 0.0178. The highest BCUT2D eigenvalue weighted by Crippen LogP contribution is 2.29. The van der Waals surface area contributed by atoms with Crippen LogP contribution in [0.5, 0.6) is 0 Å². The number of aliphatic hydroxyl groups is 2. The first-order valence-electron chi connectivity index (χ1n) is 5.74. The van der Waals surface area contributed by atoms with E-state index in [0.29, 0.717) is 16.3 Å². The van der Waals surface area contributed by atoms with Crippen LogP contribution >= 0.6 is 11.6 Å². The Labute approximate surface area is 110 Å². The second kappa shape index (κ2) is 5.65. The van der Waals surface area contributed by atoms with Gasteiger partial charge in [0.1, 0.15) is 11.9 Å². The molecule has 0 heterocycles. The molecule has 2 unspecified atom stereocenters. The lowest BCUT2D eigenvalue weighted by Gasteiger charge is -2.19. The summed E-state index contributed by atoms with van der Waals surface area (Å²) in [5.74, 6) is -0.0782. The molecule has 0 aliphatic carbocycles. The fourth-order valence-electron chi connectivity index (χ4n) is 2.02. The fourth-order valence-corrected chi connectivity index (χ4v) is 2.24. The summed E-state index contributed by atoms with van der Waals surface area (Å²) in [4.78, 5) is 0. The average molecular weight is 269 g/mol. The molecule has 0 aliphatic rings. The highest BCUT2D eigenvalue weighted by atomic mass is 35.5. The molecule has 0 saturated heterocycles. The maximum absolute atomic E-state index is 13.6. The predicted molar refractivity (Wildman–Crippen MR) is 70.2 cm³/mol. The number of rotatable bonds is 4. The number of benzene rings is 2. The van der Waals surface area contributed by atoms with Crippen molar-refractivity contribution in [3.63, 3.8) is 0 Å². The van der Waals surface area contributed by atoms with Crippen molar-refractivity contribution < 1.29 is 14.6 Å². The number of alkyl halides is 1. The monoisotopic (exact) mass is 268 g/mol. The Morgan fingerprint density at radius 2 is 1.72 bits per heavy atom. The van der Waals surface area contributed by atoms with Crippen LogP contribution in [-0.4, -0.2) is 22.2 Å². The van der Waals surface area contributed by atoms with E-state index in [1.54, 1.807) is 24.3 Å². The van der Waals surface area contributed by atoms with Crippen molar-refractivity contribution in [3.8, 4) is 0 Å². The van der Waals surface area contributed by atoms with Crippen LogP contribution in [-0.2, 0) is 0 Å². The van der Waals surface area contributed by atoms with E-state index >= 15 is 0 Å². The average Bonchev–Trinajstić information content (AvgIpc) is 2.39. The Hall–Kier alpha value is -1.16. The SMILES string of the molecule is OC(CCCl)C(O)c1ccc(F)c2ccccc12. The molecule has 0 radical (unpaired) electrons. The molecule has 4 heteroatoms. The van der Waals surface area contributed by atoms with Crippen molar-refractivity contribution in [2.75, 3.05) is 5.88 Å². The molecule has 18 heavy (non-hydrogen) atoms. The normalized spacial score (nSPS) is 14.7. The van der Waals surface area contributed by atoms with Crippen LogP contribution in [0.1, 0.15) is 18.1 Å². The molecular formula is C14H14ClFO2. The predicted octanol–water partition coefficient (Wildman–Crippen LogP) is 3.00. The zero-order valence-corrected chi connectivity index (χ0v) is 10.4. The largest absolute Gasteiger partial charge is 0.390 e. The Bertz CT molecular complexity index is 544. The van der Waals surface area contributed by atoms with Gasteiger partial charge >= 0.3 is 0 Å². The minimum absolute atomic E-state index is 0.261. The van der Waals surface area contributed by atoms with Crippen LogP contribution in [0.25, 0.3) is 10.8 Å². The molecule has 0 fully saturated rings. The van der Waals surface area contributed by atoms with E-state index in [0.717, 1.165) is 0 Å². The van der Waals surface area contributed by atoms with Gasteiger partial charge in [0, 0.05) is 11.3 Å². The molecule has 0 bridgehead atoms. The van der Waals surface area contributed by atoms with E-state index in [-0.39, 0.29) is 18.1 Å². The highest BCUT2D eigenvalue weighted by molar-refractivity contribution is 6.17. The minimum atomic E-state index is -1.06. The van der Waals surface area contributed by atoms with Gasteiger partial charge < -0.3 is 10.2 Å². The fraction of sp³-hybridized carbons (Fsp3) is 0.286. The summed E-state index contributed by atoms with van der Waals surface area (Å²) < 4.78 is 13.6. The first-order chi connectivity index (χ1) is 8.65. The molecule has 96 valence electrons. The standard InChI is InChI=1S/C14H14ClFO2/c15-8-7-13(17)14(18)11-5-6-12(16)10-4-2-1-3-9(10)11/h1-6,13-14,17-18H,7-8H2. The van der Waals surface area contributed by atoms with Gasteiger partial charge in [0.15, 0.2) is 0 Å². The summed E-state index contributed by atoms with van der Waals surface area (Å²) in [6, 6.07) is 9.68. The van der Waals surface area contributed by atoms with E-state index in [9.17, 15) is 14.6 Å². The van der Waals surface area contributed by atoms with Gasteiger partial charge in [-0.15, -0.1) is 11.6 Å². The summed E-state index contributed by atoms with van der Waals surface area (Å²) in [5.41, 5.74) is 0.518. The van der Waals surface area contributed by atoms with Gasteiger partial charge in [-0.1, -0.05) is 30.3 Å². The molecule has 0 aromatic heterocycles. The van der Waals surface area contributed by atoms with Crippen LogP contribution in [0, 0.1) is 5.82 Å². The molecule has 0 amide bonds. The molecule has 2 rings (SSSR count). The molecule has 2 atom stereocenters. The lowest BCUT2D eigenvalue weighted by Crippen LogP contribution is -2.19. The second-order valence-electron chi connectivity index (χ2n) is 4.17. The van der Waals surface area contributed by atoms with Gasteiger partial charge in [0.05, 0.1) is 6.10 Å². The third kappa shape index (κ3) is 2.48. The number of hydrogen-bond donors (Lipinski definition) is 2. The highest BCUT2D eigenvalue weighted by Gasteiger charge is 2.20. The third-order valence-corrected chi connectivity index (χ3v) is 3.21. The van der Waals surface area contributed by atoms with Crippen molar-refractivity contribution in [1.82, 2.24) is 0 Å². The molecular weight excluding hydrogens is 255 g/mol. The van der Waals surface area contributed by atoms with Crippen molar-refractivity contribution >= 4 is 22.4 Å². The van der Waals surface area contributed by atoms with E-state index in [4.69, 9.17) is 11.6 Å². The first kappa shape index (κ1) is 13.3. The summed E-state index contributed by atoms with van der Waals surface area (Å²) in [5, 5.41) is 20.9.